The standard InChI is InChI=1S/C35H63N8O11.Zr/c1-28(44)41(52)25-10-2-6-20-37-21-13-15-33(48)42(53)26-11-3-8-23-39-32(47)18-19-34(49)43(54)27-12-4-7-22-38-30(45)16-17-31(46)40-24-9-5-14-29(36)35(50)51;/h29,37H,2-27,36H2,1H3,(H,38,45)(H,39,47)(H,40,46)(H,50,51);/q-3;+4/p-1/t29-;/m0./s1/i;1-2. The number of carboxylic acid groups (broad SMARTS) is 1. The number of carbonyl (C=O) groups excluding carboxylic acids is 7. The van der Waals surface area contributed by atoms with Crippen LogP contribution in [0.15, 0.2) is 0 Å². The molecule has 1 atom stereocenters. The minimum atomic E-state index is -1.31. The molecule has 0 aromatic heterocycles. The number of nitrogens with one attached hydrogen (secondary N) is 4. The van der Waals surface area contributed by atoms with Crippen LogP contribution in [0, 0.1) is 15.6 Å². The van der Waals surface area contributed by atoms with Crippen molar-refractivity contribution in [2.24, 2.45) is 5.73 Å². The summed E-state index contributed by atoms with van der Waals surface area (Å²) in [6, 6.07) is -1.03. The van der Waals surface area contributed by atoms with E-state index in [-0.39, 0.29) is 102 Å². The Balaban J connectivity index is 0. The number of carboxylic acids is 1. The van der Waals surface area contributed by atoms with Crippen molar-refractivity contribution in [1.82, 2.24) is 36.5 Å². The van der Waals surface area contributed by atoms with Crippen molar-refractivity contribution in [2.45, 2.75) is 129 Å². The van der Waals surface area contributed by atoms with E-state index in [4.69, 9.17) is 5.73 Å². The van der Waals surface area contributed by atoms with Crippen LogP contribution in [-0.4, -0.2) is 115 Å². The average Bonchev–Trinajstić information content (AvgIpc) is 3.13. The van der Waals surface area contributed by atoms with Crippen molar-refractivity contribution in [3.05, 3.63) is 15.6 Å². The van der Waals surface area contributed by atoms with Crippen molar-refractivity contribution in [1.29, 1.82) is 0 Å². The van der Waals surface area contributed by atoms with Crippen LogP contribution in [0.2, 0.25) is 0 Å². The topological polar surface area (TPSA) is 296 Å². The van der Waals surface area contributed by atoms with E-state index in [2.05, 4.69) is 21.3 Å². The van der Waals surface area contributed by atoms with E-state index in [0.29, 0.717) is 106 Å². The summed E-state index contributed by atoms with van der Waals surface area (Å²) in [6.45, 7) is 3.82. The molecule has 0 rings (SSSR count). The fourth-order valence-electron chi connectivity index (χ4n) is 4.95. The third-order valence-corrected chi connectivity index (χ3v) is 8.30. The Morgan fingerprint density at radius 1 is 0.509 bits per heavy atom. The SMILES string of the molecule is CC(=O)N([O-])CCCCCNCCCC(=O)N([O-])CCCCCNC(=O)CCC(=O)N([O-])CCCCCNC(=O)CCC(=O)NCCCC[C@H](N)C(=O)[O-].[89Zr+4]. The Hall–Kier alpha value is -3.03. The Morgan fingerprint density at radius 2 is 0.891 bits per heavy atom. The molecule has 312 valence electrons. The van der Waals surface area contributed by atoms with E-state index in [1.807, 2.05) is 0 Å². The van der Waals surface area contributed by atoms with Crippen LogP contribution < -0.4 is 32.1 Å². The van der Waals surface area contributed by atoms with Crippen molar-refractivity contribution < 1.29 is 64.9 Å². The molecule has 6 N–H and O–H groups in total. The van der Waals surface area contributed by atoms with Gasteiger partial charge >= 0.3 is 26.2 Å². The first kappa shape index (κ1) is 54.1. The molecule has 20 heteroatoms. The molecule has 0 unspecified atom stereocenters. The predicted molar refractivity (Wildman–Crippen MR) is 199 cm³/mol. The fourth-order valence-corrected chi connectivity index (χ4v) is 4.95. The molecule has 0 aromatic rings. The second-order valence-electron chi connectivity index (χ2n) is 13.1. The molecule has 0 bridgehead atoms. The van der Waals surface area contributed by atoms with E-state index >= 15 is 0 Å². The molecule has 0 spiro atoms. The number of unbranched alkanes of at least 4 members (excludes halogenated alkanes) is 7. The van der Waals surface area contributed by atoms with Gasteiger partial charge in [0.2, 0.25) is 35.4 Å². The minimum Gasteiger partial charge on any atom is -0.756 e. The fraction of sp³-hybridized carbons (Fsp3) is 0.800. The first-order valence-corrected chi connectivity index (χ1v) is 19.1. The van der Waals surface area contributed by atoms with E-state index < -0.39 is 29.7 Å². The molecule has 55 heavy (non-hydrogen) atoms. The van der Waals surface area contributed by atoms with Crippen LogP contribution in [0.3, 0.4) is 0 Å². The molecule has 0 saturated carbocycles. The molecule has 0 aliphatic rings. The second kappa shape index (κ2) is 35.4. The zero-order valence-corrected chi connectivity index (χ0v) is 34.8. The molecule has 0 aliphatic heterocycles. The largest absolute Gasteiger partial charge is 4.00 e. The summed E-state index contributed by atoms with van der Waals surface area (Å²) in [7, 11) is 0. The predicted octanol–water partition coefficient (Wildman–Crippen LogP) is 0.0202. The van der Waals surface area contributed by atoms with Crippen molar-refractivity contribution in [3.63, 3.8) is 0 Å². The monoisotopic (exact) mass is 859 g/mol. The van der Waals surface area contributed by atoms with Gasteiger partial charge in [0.15, 0.2) is 0 Å². The van der Waals surface area contributed by atoms with Gasteiger partial charge in [-0.15, -0.1) is 0 Å². The van der Waals surface area contributed by atoms with Crippen molar-refractivity contribution >= 4 is 41.4 Å². The smallest absolute Gasteiger partial charge is 0.756 e. The maximum Gasteiger partial charge on any atom is 4.00 e. The summed E-state index contributed by atoms with van der Waals surface area (Å²) in [6.07, 6.45) is 7.24. The van der Waals surface area contributed by atoms with E-state index in [9.17, 15) is 54.3 Å². The van der Waals surface area contributed by atoms with Gasteiger partial charge in [0.25, 0.3) is 0 Å². The molecule has 6 amide bonds. The molecular formula is C35H62N8O11Zr. The average molecular weight is 860 g/mol. The zero-order chi connectivity index (χ0) is 40.6. The van der Waals surface area contributed by atoms with Gasteiger partial charge in [-0.05, 0) is 90.1 Å². The quantitative estimate of drug-likeness (QED) is 0.0422. The molecule has 19 nitrogen and oxygen atoms in total. The number of hydrogen-bond donors (Lipinski definition) is 5. The zero-order valence-electron chi connectivity index (χ0n) is 32.4. The summed E-state index contributed by atoms with van der Waals surface area (Å²) < 4.78 is 0. The third kappa shape index (κ3) is 32.9. The van der Waals surface area contributed by atoms with Gasteiger partial charge < -0.3 is 67.7 Å². The minimum absolute atomic E-state index is 0. The molecule has 0 aliphatic carbocycles. The third-order valence-electron chi connectivity index (χ3n) is 8.30. The van der Waals surface area contributed by atoms with Gasteiger partial charge in [0.1, 0.15) is 0 Å². The first-order chi connectivity index (χ1) is 25.7. The van der Waals surface area contributed by atoms with Crippen LogP contribution in [0.25, 0.3) is 0 Å². The summed E-state index contributed by atoms with van der Waals surface area (Å²) in [4.78, 5) is 81.3. The Bertz CT molecular complexity index is 1120. The molecule has 0 aromatic carbocycles. The number of amides is 6. The Kier molecular flexibility index (Phi) is 34.8. The number of carbonyl (C=O) groups is 7. The van der Waals surface area contributed by atoms with Gasteiger partial charge in [-0.3, -0.25) is 28.8 Å². The van der Waals surface area contributed by atoms with E-state index in [1.165, 1.54) is 6.92 Å². The molecule has 0 radical (unpaired) electrons. The van der Waals surface area contributed by atoms with Crippen molar-refractivity contribution in [2.75, 3.05) is 52.4 Å². The van der Waals surface area contributed by atoms with Gasteiger partial charge in [-0.1, -0.05) is 6.42 Å². The van der Waals surface area contributed by atoms with Gasteiger partial charge in [0.05, 0.1) is 5.97 Å². The second-order valence-corrected chi connectivity index (χ2v) is 13.1. The van der Waals surface area contributed by atoms with E-state index in [0.717, 1.165) is 19.4 Å². The van der Waals surface area contributed by atoms with Gasteiger partial charge in [-0.25, -0.2) is 0 Å². The van der Waals surface area contributed by atoms with Crippen LogP contribution in [0.4, 0.5) is 0 Å². The van der Waals surface area contributed by atoms with Gasteiger partial charge in [0, 0.05) is 84.3 Å². The maximum absolute atomic E-state index is 12.1. The number of hydroxylamine groups is 6. The number of rotatable bonds is 34. The number of hydrogen-bond acceptors (Lipinski definition) is 13. The first-order valence-electron chi connectivity index (χ1n) is 19.1. The number of aliphatic carboxylic acids is 1. The molecule has 0 fully saturated rings. The summed E-state index contributed by atoms with van der Waals surface area (Å²) in [5.41, 5.74) is 5.35. The van der Waals surface area contributed by atoms with Crippen LogP contribution >= 0.6 is 0 Å². The summed E-state index contributed by atoms with van der Waals surface area (Å²) in [5.74, 6) is -3.91. The van der Waals surface area contributed by atoms with E-state index in [1.54, 1.807) is 0 Å². The molecule has 0 heterocycles. The summed E-state index contributed by atoms with van der Waals surface area (Å²) >= 11 is 0. The Labute approximate surface area is 343 Å². The number of nitrogens with zero attached hydrogens (tertiary/aromatic N) is 3. The summed E-state index contributed by atoms with van der Waals surface area (Å²) in [5, 5.41) is 58.2. The normalized spacial score (nSPS) is 11.1. The van der Waals surface area contributed by atoms with Crippen molar-refractivity contribution in [3.8, 4) is 0 Å². The molecule has 0 saturated heterocycles. The number of nitrogens with two attached hydrogens (primary N) is 1. The maximum atomic E-state index is 12.1. The molecular weight excluding hydrogens is 797 g/mol. The van der Waals surface area contributed by atoms with Gasteiger partial charge in [-0.2, -0.15) is 0 Å². The Morgan fingerprint density at radius 3 is 1.35 bits per heavy atom. The van der Waals surface area contributed by atoms with Crippen LogP contribution in [0.1, 0.15) is 122 Å². The van der Waals surface area contributed by atoms with Crippen LogP contribution in [0.5, 0.6) is 0 Å². The van der Waals surface area contributed by atoms with Crippen LogP contribution in [-0.2, 0) is 59.8 Å².